The highest BCUT2D eigenvalue weighted by Crippen LogP contribution is 2.25. The SMILES string of the molecule is O=Cc1cc(F)cc(Cl)c1Cl. The number of aldehydes is 1. The fraction of sp³-hybridized carbons (Fsp3) is 0. The van der Waals surface area contributed by atoms with Crippen LogP contribution in [-0.4, -0.2) is 6.29 Å². The molecule has 0 heterocycles. The standard InChI is InChI=1S/C7H3Cl2FO/c8-6-2-5(10)1-4(3-11)7(6)9/h1-3H. The molecule has 0 aliphatic carbocycles. The number of hydrogen-bond acceptors (Lipinski definition) is 1. The lowest BCUT2D eigenvalue weighted by Crippen LogP contribution is -1.85. The fourth-order valence-electron chi connectivity index (χ4n) is 0.662. The van der Waals surface area contributed by atoms with Gasteiger partial charge in [-0.15, -0.1) is 0 Å². The van der Waals surface area contributed by atoms with Crippen LogP contribution in [-0.2, 0) is 0 Å². The molecular weight excluding hydrogens is 190 g/mol. The van der Waals surface area contributed by atoms with Crippen molar-refractivity contribution in [2.45, 2.75) is 0 Å². The third-order valence-electron chi connectivity index (χ3n) is 1.15. The van der Waals surface area contributed by atoms with Gasteiger partial charge in [0.05, 0.1) is 10.0 Å². The van der Waals surface area contributed by atoms with Crippen LogP contribution in [0.5, 0.6) is 0 Å². The molecule has 0 radical (unpaired) electrons. The highest BCUT2D eigenvalue weighted by Gasteiger charge is 2.05. The maximum atomic E-state index is 12.5. The number of halogens is 3. The first-order chi connectivity index (χ1) is 5.15. The average Bonchev–Trinajstić information content (AvgIpc) is 1.96. The number of hydrogen-bond donors (Lipinski definition) is 0. The number of carbonyl (C=O) groups excluding carboxylic acids is 1. The van der Waals surface area contributed by atoms with Crippen molar-refractivity contribution in [2.24, 2.45) is 0 Å². The lowest BCUT2D eigenvalue weighted by Gasteiger charge is -1.97. The third-order valence-corrected chi connectivity index (χ3v) is 1.96. The van der Waals surface area contributed by atoms with Crippen molar-refractivity contribution in [2.75, 3.05) is 0 Å². The topological polar surface area (TPSA) is 17.1 Å². The van der Waals surface area contributed by atoms with Gasteiger partial charge in [-0.2, -0.15) is 0 Å². The third kappa shape index (κ3) is 1.70. The van der Waals surface area contributed by atoms with Crippen molar-refractivity contribution < 1.29 is 9.18 Å². The Labute approximate surface area is 72.7 Å². The van der Waals surface area contributed by atoms with E-state index >= 15 is 0 Å². The summed E-state index contributed by atoms with van der Waals surface area (Å²) in [6.07, 6.45) is 0.456. The molecule has 0 amide bonds. The Bertz CT molecular complexity index is 299. The Morgan fingerprint density at radius 2 is 2.00 bits per heavy atom. The first-order valence-electron chi connectivity index (χ1n) is 2.75. The smallest absolute Gasteiger partial charge is 0.151 e. The summed E-state index contributed by atoms with van der Waals surface area (Å²) >= 11 is 11.0. The Morgan fingerprint density at radius 1 is 1.36 bits per heavy atom. The molecule has 1 aromatic carbocycles. The molecule has 0 aliphatic rings. The minimum Gasteiger partial charge on any atom is -0.298 e. The van der Waals surface area contributed by atoms with Crippen LogP contribution < -0.4 is 0 Å². The molecule has 0 unspecified atom stereocenters. The van der Waals surface area contributed by atoms with Gasteiger partial charge in [-0.1, -0.05) is 23.2 Å². The molecule has 0 N–H and O–H groups in total. The quantitative estimate of drug-likeness (QED) is 0.494. The molecule has 11 heavy (non-hydrogen) atoms. The van der Waals surface area contributed by atoms with Gasteiger partial charge in [0.1, 0.15) is 5.82 Å². The molecule has 0 saturated carbocycles. The molecule has 0 aromatic heterocycles. The predicted molar refractivity (Wildman–Crippen MR) is 41.8 cm³/mol. The van der Waals surface area contributed by atoms with Gasteiger partial charge >= 0.3 is 0 Å². The second-order valence-corrected chi connectivity index (χ2v) is 2.69. The summed E-state index contributed by atoms with van der Waals surface area (Å²) < 4.78 is 12.5. The molecule has 1 rings (SSSR count). The van der Waals surface area contributed by atoms with Crippen molar-refractivity contribution in [3.63, 3.8) is 0 Å². The van der Waals surface area contributed by atoms with Gasteiger partial charge in [-0.05, 0) is 12.1 Å². The molecule has 0 spiro atoms. The van der Waals surface area contributed by atoms with Gasteiger partial charge < -0.3 is 0 Å². The monoisotopic (exact) mass is 192 g/mol. The first kappa shape index (κ1) is 8.50. The predicted octanol–water partition coefficient (Wildman–Crippen LogP) is 2.95. The van der Waals surface area contributed by atoms with Gasteiger partial charge in [0, 0.05) is 5.56 Å². The lowest BCUT2D eigenvalue weighted by atomic mass is 10.2. The highest BCUT2D eigenvalue weighted by molar-refractivity contribution is 6.43. The van der Waals surface area contributed by atoms with Gasteiger partial charge in [0.2, 0.25) is 0 Å². The Morgan fingerprint density at radius 3 is 2.55 bits per heavy atom. The van der Waals surface area contributed by atoms with Crippen LogP contribution in [0.3, 0.4) is 0 Å². The molecule has 0 saturated heterocycles. The van der Waals surface area contributed by atoms with Crippen LogP contribution in [0.4, 0.5) is 4.39 Å². The molecule has 0 aliphatic heterocycles. The van der Waals surface area contributed by atoms with Crippen LogP contribution in [0, 0.1) is 5.82 Å². The van der Waals surface area contributed by atoms with E-state index in [0.717, 1.165) is 12.1 Å². The normalized spacial score (nSPS) is 9.73. The van der Waals surface area contributed by atoms with Crippen molar-refractivity contribution in [1.29, 1.82) is 0 Å². The van der Waals surface area contributed by atoms with Gasteiger partial charge in [0.25, 0.3) is 0 Å². The molecule has 1 nitrogen and oxygen atoms in total. The molecule has 58 valence electrons. The Kier molecular flexibility index (Phi) is 2.47. The Hall–Kier alpha value is -0.600. The zero-order valence-electron chi connectivity index (χ0n) is 5.27. The Balaban J connectivity index is 3.35. The largest absolute Gasteiger partial charge is 0.298 e. The summed E-state index contributed by atoms with van der Waals surface area (Å²) in [4.78, 5) is 10.2. The van der Waals surface area contributed by atoms with E-state index < -0.39 is 5.82 Å². The number of benzene rings is 1. The van der Waals surface area contributed by atoms with Crippen molar-refractivity contribution >= 4 is 29.5 Å². The van der Waals surface area contributed by atoms with Crippen LogP contribution >= 0.6 is 23.2 Å². The fourth-order valence-corrected chi connectivity index (χ4v) is 1.03. The minimum atomic E-state index is -0.568. The van der Waals surface area contributed by atoms with Crippen molar-refractivity contribution in [3.05, 3.63) is 33.6 Å². The first-order valence-corrected chi connectivity index (χ1v) is 3.50. The summed E-state index contributed by atoms with van der Waals surface area (Å²) in [5.74, 6) is -0.568. The van der Waals surface area contributed by atoms with Crippen LogP contribution in [0.25, 0.3) is 0 Å². The van der Waals surface area contributed by atoms with E-state index in [1.54, 1.807) is 0 Å². The van der Waals surface area contributed by atoms with Crippen LogP contribution in [0.15, 0.2) is 12.1 Å². The second kappa shape index (κ2) is 3.20. The summed E-state index contributed by atoms with van der Waals surface area (Å²) in [7, 11) is 0. The van der Waals surface area contributed by atoms with Gasteiger partial charge in [-0.25, -0.2) is 4.39 Å². The molecule has 0 atom stereocenters. The molecule has 1 aromatic rings. The second-order valence-electron chi connectivity index (χ2n) is 1.91. The average molecular weight is 193 g/mol. The maximum absolute atomic E-state index is 12.5. The highest BCUT2D eigenvalue weighted by atomic mass is 35.5. The van der Waals surface area contributed by atoms with E-state index in [0.29, 0.717) is 6.29 Å². The molecule has 0 bridgehead atoms. The summed E-state index contributed by atoms with van der Waals surface area (Å²) in [6, 6.07) is 2.08. The zero-order valence-corrected chi connectivity index (χ0v) is 6.79. The van der Waals surface area contributed by atoms with E-state index in [4.69, 9.17) is 23.2 Å². The van der Waals surface area contributed by atoms with Gasteiger partial charge in [0.15, 0.2) is 6.29 Å². The summed E-state index contributed by atoms with van der Waals surface area (Å²) in [6.45, 7) is 0. The van der Waals surface area contributed by atoms with E-state index in [1.165, 1.54) is 0 Å². The zero-order chi connectivity index (χ0) is 8.43. The summed E-state index contributed by atoms with van der Waals surface area (Å²) in [5.41, 5.74) is 0.0664. The van der Waals surface area contributed by atoms with Gasteiger partial charge in [-0.3, -0.25) is 4.79 Å². The van der Waals surface area contributed by atoms with Crippen molar-refractivity contribution in [3.8, 4) is 0 Å². The molecular formula is C7H3Cl2FO. The van der Waals surface area contributed by atoms with E-state index in [-0.39, 0.29) is 15.6 Å². The van der Waals surface area contributed by atoms with Crippen molar-refractivity contribution in [1.82, 2.24) is 0 Å². The molecule has 4 heteroatoms. The maximum Gasteiger partial charge on any atom is 0.151 e. The van der Waals surface area contributed by atoms with Crippen LogP contribution in [0.1, 0.15) is 10.4 Å². The van der Waals surface area contributed by atoms with E-state index in [2.05, 4.69) is 0 Å². The van der Waals surface area contributed by atoms with E-state index in [9.17, 15) is 9.18 Å². The summed E-state index contributed by atoms with van der Waals surface area (Å²) in [5, 5.41) is 0.136. The molecule has 0 fully saturated rings. The van der Waals surface area contributed by atoms with Crippen LogP contribution in [0.2, 0.25) is 10.0 Å². The lowest BCUT2D eigenvalue weighted by molar-refractivity contribution is 0.112. The number of rotatable bonds is 1. The van der Waals surface area contributed by atoms with E-state index in [1.807, 2.05) is 0 Å². The minimum absolute atomic E-state index is 0.0498. The number of carbonyl (C=O) groups is 1.